The van der Waals surface area contributed by atoms with E-state index in [1.54, 1.807) is 0 Å². The standard InChI is InChI=1S/C16H19ClN2O/c1-10(9-16(19)20)8-15(18)13-6-7-14(17)12-5-3-2-4-11(12)13/h2-7,10,15H,8-9,18H2,1H3,(H2,19,20). The van der Waals surface area contributed by atoms with Gasteiger partial charge in [-0.25, -0.2) is 0 Å². The summed E-state index contributed by atoms with van der Waals surface area (Å²) in [6.07, 6.45) is 1.08. The first kappa shape index (κ1) is 14.8. The molecule has 0 aliphatic carbocycles. The predicted molar refractivity (Wildman–Crippen MR) is 83.5 cm³/mol. The van der Waals surface area contributed by atoms with Gasteiger partial charge >= 0.3 is 0 Å². The molecule has 0 radical (unpaired) electrons. The van der Waals surface area contributed by atoms with Crippen LogP contribution in [0.15, 0.2) is 36.4 Å². The normalized spacial score (nSPS) is 14.2. The van der Waals surface area contributed by atoms with E-state index in [2.05, 4.69) is 0 Å². The molecule has 0 saturated heterocycles. The van der Waals surface area contributed by atoms with Crippen molar-refractivity contribution >= 4 is 28.3 Å². The van der Waals surface area contributed by atoms with Crippen molar-refractivity contribution in [1.29, 1.82) is 0 Å². The summed E-state index contributed by atoms with van der Waals surface area (Å²) in [7, 11) is 0. The smallest absolute Gasteiger partial charge is 0.217 e. The second-order valence-electron chi connectivity index (χ2n) is 5.30. The van der Waals surface area contributed by atoms with E-state index >= 15 is 0 Å². The Hall–Kier alpha value is -1.58. The van der Waals surface area contributed by atoms with Crippen LogP contribution in [0.2, 0.25) is 5.02 Å². The number of rotatable bonds is 5. The average Bonchev–Trinajstić information content (AvgIpc) is 2.38. The van der Waals surface area contributed by atoms with Crippen LogP contribution in [-0.2, 0) is 4.79 Å². The number of benzene rings is 2. The molecule has 3 nitrogen and oxygen atoms in total. The van der Waals surface area contributed by atoms with Crippen LogP contribution in [0.3, 0.4) is 0 Å². The van der Waals surface area contributed by atoms with E-state index in [1.165, 1.54) is 0 Å². The summed E-state index contributed by atoms with van der Waals surface area (Å²) < 4.78 is 0. The summed E-state index contributed by atoms with van der Waals surface area (Å²) in [6.45, 7) is 1.99. The van der Waals surface area contributed by atoms with E-state index in [-0.39, 0.29) is 17.9 Å². The SMILES string of the molecule is CC(CC(N)=O)CC(N)c1ccc(Cl)c2ccccc12. The molecule has 106 valence electrons. The topological polar surface area (TPSA) is 69.1 Å². The third kappa shape index (κ3) is 3.30. The van der Waals surface area contributed by atoms with Gasteiger partial charge in [0.2, 0.25) is 5.91 Å². The van der Waals surface area contributed by atoms with Crippen LogP contribution in [0.5, 0.6) is 0 Å². The van der Waals surface area contributed by atoms with Crippen molar-refractivity contribution in [3.05, 3.63) is 47.0 Å². The van der Waals surface area contributed by atoms with Gasteiger partial charge in [-0.2, -0.15) is 0 Å². The average molecular weight is 291 g/mol. The molecule has 2 atom stereocenters. The van der Waals surface area contributed by atoms with Crippen LogP contribution in [0, 0.1) is 5.92 Å². The monoisotopic (exact) mass is 290 g/mol. The lowest BCUT2D eigenvalue weighted by Crippen LogP contribution is -2.19. The quantitative estimate of drug-likeness (QED) is 0.886. The molecule has 0 aliphatic rings. The Labute approximate surface area is 123 Å². The van der Waals surface area contributed by atoms with E-state index in [1.807, 2.05) is 43.3 Å². The minimum atomic E-state index is -0.286. The van der Waals surface area contributed by atoms with Crippen LogP contribution < -0.4 is 11.5 Å². The van der Waals surface area contributed by atoms with Gasteiger partial charge in [0, 0.05) is 22.9 Å². The van der Waals surface area contributed by atoms with Gasteiger partial charge in [-0.1, -0.05) is 48.9 Å². The number of primary amides is 1. The number of amides is 1. The minimum absolute atomic E-state index is 0.133. The largest absolute Gasteiger partial charge is 0.370 e. The minimum Gasteiger partial charge on any atom is -0.370 e. The highest BCUT2D eigenvalue weighted by atomic mass is 35.5. The van der Waals surface area contributed by atoms with Crippen molar-refractivity contribution in [2.24, 2.45) is 17.4 Å². The third-order valence-corrected chi connectivity index (χ3v) is 3.84. The van der Waals surface area contributed by atoms with Gasteiger partial charge in [0.1, 0.15) is 0 Å². The zero-order chi connectivity index (χ0) is 14.7. The Morgan fingerprint density at radius 1 is 1.20 bits per heavy atom. The van der Waals surface area contributed by atoms with Crippen LogP contribution in [-0.4, -0.2) is 5.91 Å². The molecular weight excluding hydrogens is 272 g/mol. The molecule has 4 N–H and O–H groups in total. The lowest BCUT2D eigenvalue weighted by Gasteiger charge is -2.18. The highest BCUT2D eigenvalue weighted by molar-refractivity contribution is 6.35. The maximum atomic E-state index is 10.9. The van der Waals surface area contributed by atoms with Crippen LogP contribution >= 0.6 is 11.6 Å². The molecule has 0 saturated carbocycles. The molecule has 2 aromatic rings. The molecular formula is C16H19ClN2O. The van der Waals surface area contributed by atoms with E-state index in [0.29, 0.717) is 12.8 Å². The maximum Gasteiger partial charge on any atom is 0.217 e. The molecule has 0 aliphatic heterocycles. The first-order valence-corrected chi connectivity index (χ1v) is 7.08. The van der Waals surface area contributed by atoms with E-state index in [4.69, 9.17) is 23.1 Å². The fourth-order valence-corrected chi connectivity index (χ4v) is 2.82. The molecule has 0 bridgehead atoms. The van der Waals surface area contributed by atoms with Crippen molar-refractivity contribution in [3.63, 3.8) is 0 Å². The third-order valence-electron chi connectivity index (χ3n) is 3.51. The molecule has 20 heavy (non-hydrogen) atoms. The van der Waals surface area contributed by atoms with Gasteiger partial charge in [-0.05, 0) is 29.4 Å². The van der Waals surface area contributed by atoms with Crippen LogP contribution in [0.4, 0.5) is 0 Å². The second-order valence-corrected chi connectivity index (χ2v) is 5.71. The summed E-state index contributed by atoms with van der Waals surface area (Å²) in [6, 6.07) is 11.6. The van der Waals surface area contributed by atoms with E-state index in [0.717, 1.165) is 21.4 Å². The Morgan fingerprint density at radius 3 is 2.50 bits per heavy atom. The Morgan fingerprint density at radius 2 is 1.85 bits per heavy atom. The van der Waals surface area contributed by atoms with Gasteiger partial charge in [-0.15, -0.1) is 0 Å². The lowest BCUT2D eigenvalue weighted by molar-refractivity contribution is -0.118. The molecule has 0 aromatic heterocycles. The van der Waals surface area contributed by atoms with Gasteiger partial charge < -0.3 is 11.5 Å². The molecule has 0 spiro atoms. The molecule has 0 fully saturated rings. The second kappa shape index (κ2) is 6.25. The summed E-state index contributed by atoms with van der Waals surface area (Å²) in [5.74, 6) is -0.123. The summed E-state index contributed by atoms with van der Waals surface area (Å²) in [5, 5.41) is 2.80. The molecule has 2 rings (SSSR count). The fourth-order valence-electron chi connectivity index (χ4n) is 2.60. The molecule has 4 heteroatoms. The van der Waals surface area contributed by atoms with Gasteiger partial charge in [-0.3, -0.25) is 4.79 Å². The number of halogens is 1. The molecule has 2 unspecified atom stereocenters. The highest BCUT2D eigenvalue weighted by Gasteiger charge is 2.16. The first-order chi connectivity index (χ1) is 9.49. The molecule has 1 amide bonds. The number of fused-ring (bicyclic) bond motifs is 1. The van der Waals surface area contributed by atoms with Crippen molar-refractivity contribution in [1.82, 2.24) is 0 Å². The Kier molecular flexibility index (Phi) is 4.63. The van der Waals surface area contributed by atoms with Gasteiger partial charge in [0.25, 0.3) is 0 Å². The number of hydrogen-bond acceptors (Lipinski definition) is 2. The molecule has 0 heterocycles. The lowest BCUT2D eigenvalue weighted by atomic mass is 9.91. The molecule has 2 aromatic carbocycles. The van der Waals surface area contributed by atoms with Crippen LogP contribution in [0.25, 0.3) is 10.8 Å². The van der Waals surface area contributed by atoms with Crippen molar-refractivity contribution < 1.29 is 4.79 Å². The number of nitrogens with two attached hydrogens (primary N) is 2. The maximum absolute atomic E-state index is 10.9. The van der Waals surface area contributed by atoms with E-state index in [9.17, 15) is 4.79 Å². The first-order valence-electron chi connectivity index (χ1n) is 6.70. The summed E-state index contributed by atoms with van der Waals surface area (Å²) in [5.41, 5.74) is 12.6. The fraction of sp³-hybridized carbons (Fsp3) is 0.312. The van der Waals surface area contributed by atoms with Crippen molar-refractivity contribution in [2.75, 3.05) is 0 Å². The van der Waals surface area contributed by atoms with Crippen molar-refractivity contribution in [2.45, 2.75) is 25.8 Å². The number of hydrogen-bond donors (Lipinski definition) is 2. The number of carbonyl (C=O) groups excluding carboxylic acids is 1. The zero-order valence-corrected chi connectivity index (χ0v) is 12.2. The van der Waals surface area contributed by atoms with E-state index < -0.39 is 0 Å². The van der Waals surface area contributed by atoms with Crippen LogP contribution in [0.1, 0.15) is 31.4 Å². The van der Waals surface area contributed by atoms with Gasteiger partial charge in [0.15, 0.2) is 0 Å². The highest BCUT2D eigenvalue weighted by Crippen LogP contribution is 2.31. The summed E-state index contributed by atoms with van der Waals surface area (Å²) in [4.78, 5) is 10.9. The predicted octanol–water partition coefficient (Wildman–Crippen LogP) is 3.39. The summed E-state index contributed by atoms with van der Waals surface area (Å²) >= 11 is 6.21. The van der Waals surface area contributed by atoms with Crippen molar-refractivity contribution in [3.8, 4) is 0 Å². The zero-order valence-electron chi connectivity index (χ0n) is 11.5. The van der Waals surface area contributed by atoms with Gasteiger partial charge in [0.05, 0.1) is 0 Å². The number of carbonyl (C=O) groups is 1. The Balaban J connectivity index is 2.28. The Bertz CT molecular complexity index is 627.